The lowest BCUT2D eigenvalue weighted by molar-refractivity contribution is -0.114. The number of amides is 1. The Morgan fingerprint density at radius 3 is 1.35 bits per heavy atom. The number of ketones is 4. The summed E-state index contributed by atoms with van der Waals surface area (Å²) < 4.78 is 0. The molecule has 4 N–H and O–H groups in total. The van der Waals surface area contributed by atoms with Gasteiger partial charge >= 0.3 is 0 Å². The Balaban J connectivity index is 0.000000139. The molecule has 4 aliphatic carbocycles. The Morgan fingerprint density at radius 2 is 0.907 bits per heavy atom. The molecule has 0 heterocycles. The third-order valence-electron chi connectivity index (χ3n) is 10.8. The van der Waals surface area contributed by atoms with Crippen LogP contribution in [0.1, 0.15) is 119 Å². The molecule has 4 aromatic carbocycles. The highest BCUT2D eigenvalue weighted by Gasteiger charge is 2.27. The number of nitrogens with one attached hydrogen (secondary N) is 2. The first-order chi connectivity index (χ1) is 25.6. The first-order valence-electron chi connectivity index (χ1n) is 18.6. The molecule has 0 bridgehead atoms. The quantitative estimate of drug-likeness (QED) is 0.180. The van der Waals surface area contributed by atoms with Crippen LogP contribution in [0, 0.1) is 27.7 Å². The third-order valence-corrected chi connectivity index (χ3v) is 10.8. The van der Waals surface area contributed by atoms with Crippen LogP contribution in [0.2, 0.25) is 0 Å². The first kappa shape index (κ1) is 39.6. The molecule has 0 saturated carbocycles. The average molecular weight is 729 g/mol. The minimum Gasteiger partial charge on any atom is -0.398 e. The van der Waals surface area contributed by atoms with Crippen molar-refractivity contribution in [2.75, 3.05) is 42.4 Å². The van der Waals surface area contributed by atoms with E-state index in [-0.39, 0.29) is 23.3 Å². The number of fused-ring (bicyclic) bond motifs is 4. The molecule has 0 radical (unpaired) electrons. The molecule has 54 heavy (non-hydrogen) atoms. The van der Waals surface area contributed by atoms with E-state index in [0.717, 1.165) is 70.4 Å². The molecule has 0 fully saturated rings. The van der Waals surface area contributed by atoms with E-state index in [9.17, 15) is 24.0 Å². The lowest BCUT2D eigenvalue weighted by atomic mass is 10.0. The van der Waals surface area contributed by atoms with Gasteiger partial charge in [0.1, 0.15) is 0 Å². The van der Waals surface area contributed by atoms with Crippen molar-refractivity contribution in [3.05, 3.63) is 115 Å². The molecule has 0 aliphatic heterocycles. The summed E-state index contributed by atoms with van der Waals surface area (Å²) in [7, 11) is 5.82. The highest BCUT2D eigenvalue weighted by Crippen LogP contribution is 2.34. The van der Waals surface area contributed by atoms with E-state index in [1.165, 1.54) is 34.7 Å². The first-order valence-corrected chi connectivity index (χ1v) is 18.6. The fourth-order valence-corrected chi connectivity index (χ4v) is 7.91. The Bertz CT molecular complexity index is 2180. The molecule has 8 rings (SSSR count). The highest BCUT2D eigenvalue weighted by molar-refractivity contribution is 6.09. The van der Waals surface area contributed by atoms with Crippen LogP contribution in [0.15, 0.2) is 48.5 Å². The molecule has 4 aliphatic rings. The molecule has 4 aromatic rings. The van der Waals surface area contributed by atoms with Gasteiger partial charge in [-0.2, -0.15) is 0 Å². The maximum atomic E-state index is 11.7. The van der Waals surface area contributed by atoms with Gasteiger partial charge in [0.25, 0.3) is 0 Å². The van der Waals surface area contributed by atoms with Gasteiger partial charge in [-0.1, -0.05) is 24.3 Å². The average Bonchev–Trinajstić information content (AvgIpc) is 3.93. The number of nitrogen functional groups attached to an aromatic ring is 1. The van der Waals surface area contributed by atoms with Gasteiger partial charge in [-0.15, -0.1) is 0 Å². The molecule has 0 aromatic heterocycles. The van der Waals surface area contributed by atoms with E-state index in [2.05, 4.69) is 36.6 Å². The third kappa shape index (κ3) is 8.15. The zero-order valence-corrected chi connectivity index (χ0v) is 32.8. The predicted octanol–water partition coefficient (Wildman–Crippen LogP) is 8.14. The van der Waals surface area contributed by atoms with Crippen LogP contribution in [0.25, 0.3) is 0 Å². The Morgan fingerprint density at radius 1 is 0.537 bits per heavy atom. The molecular formula is C45H52N4O5. The maximum absolute atomic E-state index is 11.7. The number of benzene rings is 4. The van der Waals surface area contributed by atoms with Crippen LogP contribution in [-0.2, 0) is 30.5 Å². The Kier molecular flexibility index (Phi) is 12.2. The van der Waals surface area contributed by atoms with E-state index in [4.69, 9.17) is 5.73 Å². The second kappa shape index (κ2) is 16.6. The monoisotopic (exact) mass is 728 g/mol. The molecule has 0 saturated heterocycles. The maximum Gasteiger partial charge on any atom is 0.221 e. The van der Waals surface area contributed by atoms with Gasteiger partial charge < -0.3 is 21.3 Å². The topological polar surface area (TPSA) is 139 Å². The molecule has 0 unspecified atom stereocenters. The Hall–Kier alpha value is -5.57. The molecule has 0 spiro atoms. The summed E-state index contributed by atoms with van der Waals surface area (Å²) in [6.07, 6.45) is 6.04. The standard InChI is InChI=1S/C12H13NO2.C12H15NO.C11H13NO.C10H11NO/c1-7-3-5-10(13-8(2)14)12-9(7)4-6-11(12)15;1-8-4-6-10(13(2)3)12-9(8)5-7-11(12)14;1-7-3-5-9(12-2)11-8(7)4-6-10(11)13;1-6-2-4-8(11)10-7(6)3-5-9(10)12/h3,5H,4,6H2,1-2H3,(H,13,14);4,6H,5,7H2,1-3H3;3,5,12H,4,6H2,1-2H3;2,4H,3,5,11H2,1H3. The van der Waals surface area contributed by atoms with E-state index in [0.29, 0.717) is 48.4 Å². The van der Waals surface area contributed by atoms with E-state index in [1.807, 2.05) is 70.2 Å². The van der Waals surface area contributed by atoms with Crippen molar-refractivity contribution in [1.29, 1.82) is 0 Å². The lowest BCUT2D eigenvalue weighted by Crippen LogP contribution is -2.13. The molecule has 282 valence electrons. The second-order valence-electron chi connectivity index (χ2n) is 14.7. The SMILES string of the molecule is CC(=O)Nc1ccc(C)c2c1C(=O)CC2.CNc1ccc(C)c2c1C(=O)CC2.Cc1ccc(N(C)C)c2c1CCC2=O.Cc1ccc(N)c2c1CCC2=O. The van der Waals surface area contributed by atoms with Gasteiger partial charge in [-0.3, -0.25) is 24.0 Å². The van der Waals surface area contributed by atoms with Crippen LogP contribution >= 0.6 is 0 Å². The summed E-state index contributed by atoms with van der Waals surface area (Å²) in [5.41, 5.74) is 21.9. The van der Waals surface area contributed by atoms with Crippen LogP contribution in [-0.4, -0.2) is 50.2 Å². The van der Waals surface area contributed by atoms with Crippen molar-refractivity contribution >= 4 is 51.8 Å². The number of nitrogens with zero attached hydrogens (tertiary/aromatic N) is 1. The van der Waals surface area contributed by atoms with Crippen LogP contribution < -0.4 is 21.3 Å². The van der Waals surface area contributed by atoms with Gasteiger partial charge in [0.2, 0.25) is 5.91 Å². The van der Waals surface area contributed by atoms with E-state index < -0.39 is 0 Å². The second-order valence-corrected chi connectivity index (χ2v) is 14.7. The number of nitrogens with two attached hydrogens (primary N) is 1. The van der Waals surface area contributed by atoms with Crippen molar-refractivity contribution < 1.29 is 24.0 Å². The molecular weight excluding hydrogens is 677 g/mol. The van der Waals surface area contributed by atoms with Crippen molar-refractivity contribution in [2.24, 2.45) is 0 Å². The van der Waals surface area contributed by atoms with Gasteiger partial charge in [0, 0.05) is 93.1 Å². The summed E-state index contributed by atoms with van der Waals surface area (Å²) in [6, 6.07) is 15.7. The van der Waals surface area contributed by atoms with Gasteiger partial charge in [0.15, 0.2) is 23.1 Å². The van der Waals surface area contributed by atoms with Crippen molar-refractivity contribution in [1.82, 2.24) is 0 Å². The van der Waals surface area contributed by atoms with Crippen LogP contribution in [0.4, 0.5) is 22.7 Å². The van der Waals surface area contributed by atoms with Crippen molar-refractivity contribution in [3.8, 4) is 0 Å². The number of hydrogen-bond acceptors (Lipinski definition) is 8. The summed E-state index contributed by atoms with van der Waals surface area (Å²) >= 11 is 0. The molecule has 1 amide bonds. The normalized spacial score (nSPS) is 14.4. The number of aryl methyl sites for hydroxylation is 4. The van der Waals surface area contributed by atoms with Crippen molar-refractivity contribution in [2.45, 2.75) is 86.0 Å². The largest absolute Gasteiger partial charge is 0.398 e. The van der Waals surface area contributed by atoms with Gasteiger partial charge in [0.05, 0.1) is 5.69 Å². The molecule has 0 atom stereocenters. The number of Topliss-reactive ketones (excluding diaryl/α,β-unsaturated/α-hetero) is 4. The fraction of sp³-hybridized carbons (Fsp3) is 0.356. The van der Waals surface area contributed by atoms with Crippen LogP contribution in [0.3, 0.4) is 0 Å². The van der Waals surface area contributed by atoms with Gasteiger partial charge in [-0.25, -0.2) is 0 Å². The van der Waals surface area contributed by atoms with E-state index in [1.54, 1.807) is 6.07 Å². The van der Waals surface area contributed by atoms with Crippen LogP contribution in [0.5, 0.6) is 0 Å². The zero-order chi connectivity index (χ0) is 39.4. The highest BCUT2D eigenvalue weighted by atomic mass is 16.2. The summed E-state index contributed by atoms with van der Waals surface area (Å²) in [4.78, 5) is 59.3. The minimum absolute atomic E-state index is 0.137. The number of carbonyl (C=O) groups is 5. The molecule has 9 heteroatoms. The predicted molar refractivity (Wildman–Crippen MR) is 218 cm³/mol. The number of anilines is 4. The number of rotatable bonds is 3. The van der Waals surface area contributed by atoms with E-state index >= 15 is 0 Å². The number of carbonyl (C=O) groups excluding carboxylic acids is 5. The Labute approximate surface area is 318 Å². The summed E-state index contributed by atoms with van der Waals surface area (Å²) in [6.45, 7) is 9.62. The number of hydrogen-bond donors (Lipinski definition) is 3. The summed E-state index contributed by atoms with van der Waals surface area (Å²) in [5, 5.41) is 5.77. The zero-order valence-electron chi connectivity index (χ0n) is 32.8. The smallest absolute Gasteiger partial charge is 0.221 e. The van der Waals surface area contributed by atoms with Gasteiger partial charge in [-0.05, 0) is 122 Å². The van der Waals surface area contributed by atoms with Crippen molar-refractivity contribution in [3.63, 3.8) is 0 Å². The fourth-order valence-electron chi connectivity index (χ4n) is 7.91. The minimum atomic E-state index is -0.138. The lowest BCUT2D eigenvalue weighted by Gasteiger charge is -2.17. The summed E-state index contributed by atoms with van der Waals surface area (Å²) in [5.74, 6) is 0.778. The molecule has 9 nitrogen and oxygen atoms in total.